The van der Waals surface area contributed by atoms with Gasteiger partial charge in [-0.15, -0.1) is 0 Å². The Morgan fingerprint density at radius 1 is 1.10 bits per heavy atom. The molecular formula is C20H26N6O2S. The number of thiazole rings is 1. The van der Waals surface area contributed by atoms with Crippen LogP contribution < -0.4 is 16.4 Å². The van der Waals surface area contributed by atoms with Crippen LogP contribution in [0.1, 0.15) is 63.0 Å². The van der Waals surface area contributed by atoms with E-state index in [4.69, 9.17) is 11.5 Å². The van der Waals surface area contributed by atoms with Crippen LogP contribution in [0.15, 0.2) is 12.1 Å². The van der Waals surface area contributed by atoms with Crippen molar-refractivity contribution in [2.75, 3.05) is 36.8 Å². The van der Waals surface area contributed by atoms with Crippen molar-refractivity contribution in [2.45, 2.75) is 38.5 Å². The van der Waals surface area contributed by atoms with Crippen LogP contribution in [0.4, 0.5) is 10.9 Å². The molecule has 2 amide bonds. The molecule has 2 aliphatic heterocycles. The van der Waals surface area contributed by atoms with Gasteiger partial charge in [-0.1, -0.05) is 11.3 Å². The maximum atomic E-state index is 13.1. The number of hydrogen-bond donors (Lipinski definition) is 2. The van der Waals surface area contributed by atoms with Gasteiger partial charge in [0.05, 0.1) is 11.3 Å². The molecule has 2 aliphatic rings. The Hall–Kier alpha value is -2.68. The van der Waals surface area contributed by atoms with Crippen molar-refractivity contribution in [3.8, 4) is 0 Å². The van der Waals surface area contributed by atoms with Crippen LogP contribution >= 0.6 is 11.3 Å². The maximum Gasteiger partial charge on any atom is 0.265 e. The molecule has 4 N–H and O–H groups in total. The Morgan fingerprint density at radius 3 is 2.41 bits per heavy atom. The topological polar surface area (TPSA) is 118 Å². The number of anilines is 2. The molecule has 0 bridgehead atoms. The van der Waals surface area contributed by atoms with Crippen LogP contribution in [-0.4, -0.2) is 52.9 Å². The van der Waals surface area contributed by atoms with Crippen LogP contribution in [0.25, 0.3) is 0 Å². The lowest BCUT2D eigenvalue weighted by atomic mass is 9.92. The standard InChI is InChI=1S/C20H26N6O2S/c1-12-16(29-20(23-12)26-8-2-3-9-26)19(28)25-10-6-13(7-11-25)15-5-4-14(18(22)27)17(21)24-15/h4-5,13H,2-3,6-11H2,1H3,(H2,21,24)(H2,22,27). The molecule has 2 fully saturated rings. The summed E-state index contributed by atoms with van der Waals surface area (Å²) in [6, 6.07) is 3.45. The average Bonchev–Trinajstić information content (AvgIpc) is 3.37. The average molecular weight is 415 g/mol. The Bertz CT molecular complexity index is 929. The fourth-order valence-electron chi connectivity index (χ4n) is 4.07. The molecule has 4 rings (SSSR count). The monoisotopic (exact) mass is 414 g/mol. The van der Waals surface area contributed by atoms with Crippen molar-refractivity contribution in [3.05, 3.63) is 34.0 Å². The number of aryl methyl sites for hydroxylation is 1. The van der Waals surface area contributed by atoms with Gasteiger partial charge < -0.3 is 21.3 Å². The number of primary amides is 1. The van der Waals surface area contributed by atoms with E-state index in [2.05, 4.69) is 14.9 Å². The van der Waals surface area contributed by atoms with Gasteiger partial charge in [0.15, 0.2) is 5.13 Å². The first-order valence-electron chi connectivity index (χ1n) is 10.0. The molecule has 0 unspecified atom stereocenters. The molecule has 0 saturated carbocycles. The molecule has 4 heterocycles. The predicted molar refractivity (Wildman–Crippen MR) is 113 cm³/mol. The summed E-state index contributed by atoms with van der Waals surface area (Å²) < 4.78 is 0. The third-order valence-corrected chi connectivity index (χ3v) is 6.97. The third kappa shape index (κ3) is 3.91. The minimum absolute atomic E-state index is 0.0699. The molecule has 9 heteroatoms. The van der Waals surface area contributed by atoms with Gasteiger partial charge >= 0.3 is 0 Å². The van der Waals surface area contributed by atoms with E-state index in [9.17, 15) is 9.59 Å². The summed E-state index contributed by atoms with van der Waals surface area (Å²) in [5.74, 6) is -0.120. The van der Waals surface area contributed by atoms with Crippen molar-refractivity contribution in [3.63, 3.8) is 0 Å². The number of nitrogens with two attached hydrogens (primary N) is 2. The van der Waals surface area contributed by atoms with Gasteiger partial charge in [0, 0.05) is 37.8 Å². The van der Waals surface area contributed by atoms with Crippen molar-refractivity contribution in [1.29, 1.82) is 0 Å². The minimum atomic E-state index is -0.574. The number of hydrogen-bond acceptors (Lipinski definition) is 7. The largest absolute Gasteiger partial charge is 0.383 e. The number of nitrogen functional groups attached to an aromatic ring is 1. The highest BCUT2D eigenvalue weighted by atomic mass is 32.1. The maximum absolute atomic E-state index is 13.1. The van der Waals surface area contributed by atoms with E-state index in [0.717, 1.165) is 47.3 Å². The van der Waals surface area contributed by atoms with Crippen LogP contribution in [-0.2, 0) is 0 Å². The third-order valence-electron chi connectivity index (χ3n) is 5.77. The molecule has 154 valence electrons. The summed E-state index contributed by atoms with van der Waals surface area (Å²) in [5, 5.41) is 0.965. The van der Waals surface area contributed by atoms with Gasteiger partial charge in [-0.05, 0) is 44.7 Å². The van der Waals surface area contributed by atoms with Gasteiger partial charge in [-0.2, -0.15) is 0 Å². The van der Waals surface area contributed by atoms with E-state index < -0.39 is 5.91 Å². The summed E-state index contributed by atoms with van der Waals surface area (Å²) in [4.78, 5) is 38.3. The van der Waals surface area contributed by atoms with Crippen molar-refractivity contribution in [2.24, 2.45) is 5.73 Å². The van der Waals surface area contributed by atoms with Gasteiger partial charge in [-0.25, -0.2) is 9.97 Å². The zero-order valence-corrected chi connectivity index (χ0v) is 17.4. The SMILES string of the molecule is Cc1nc(N2CCCC2)sc1C(=O)N1CCC(c2ccc(C(N)=O)c(N)n2)CC1. The molecule has 8 nitrogen and oxygen atoms in total. The van der Waals surface area contributed by atoms with Crippen molar-refractivity contribution >= 4 is 34.1 Å². The number of rotatable bonds is 4. The van der Waals surface area contributed by atoms with Gasteiger partial charge in [0.25, 0.3) is 11.8 Å². The summed E-state index contributed by atoms with van der Waals surface area (Å²) >= 11 is 1.51. The lowest BCUT2D eigenvalue weighted by Crippen LogP contribution is -2.38. The second-order valence-corrected chi connectivity index (χ2v) is 8.68. The Balaban J connectivity index is 1.41. The van der Waals surface area contributed by atoms with E-state index in [1.807, 2.05) is 17.9 Å². The minimum Gasteiger partial charge on any atom is -0.383 e. The Morgan fingerprint density at radius 2 is 1.79 bits per heavy atom. The van der Waals surface area contributed by atoms with Crippen LogP contribution in [0, 0.1) is 6.92 Å². The summed E-state index contributed by atoms with van der Waals surface area (Å²) in [7, 11) is 0. The van der Waals surface area contributed by atoms with Crippen LogP contribution in [0.2, 0.25) is 0 Å². The quantitative estimate of drug-likeness (QED) is 0.791. The number of carbonyl (C=O) groups is 2. The molecule has 0 atom stereocenters. The molecule has 0 radical (unpaired) electrons. The molecule has 0 aliphatic carbocycles. The second-order valence-electron chi connectivity index (χ2n) is 7.70. The van der Waals surface area contributed by atoms with E-state index >= 15 is 0 Å². The molecule has 2 aromatic rings. The Labute approximate surface area is 173 Å². The smallest absolute Gasteiger partial charge is 0.265 e. The number of likely N-dealkylation sites (tertiary alicyclic amines) is 1. The predicted octanol–water partition coefficient (Wildman–Crippen LogP) is 2.15. The van der Waals surface area contributed by atoms with Crippen molar-refractivity contribution < 1.29 is 9.59 Å². The zero-order valence-electron chi connectivity index (χ0n) is 16.6. The fraction of sp³-hybridized carbons (Fsp3) is 0.500. The first-order valence-corrected chi connectivity index (χ1v) is 10.8. The van der Waals surface area contributed by atoms with E-state index in [-0.39, 0.29) is 23.2 Å². The van der Waals surface area contributed by atoms with E-state index in [0.29, 0.717) is 13.1 Å². The van der Waals surface area contributed by atoms with Crippen LogP contribution in [0.3, 0.4) is 0 Å². The molecule has 0 aromatic carbocycles. The number of piperidine rings is 1. The summed E-state index contributed by atoms with van der Waals surface area (Å²) in [5.41, 5.74) is 13.1. The van der Waals surface area contributed by atoms with E-state index in [1.165, 1.54) is 24.2 Å². The van der Waals surface area contributed by atoms with Gasteiger partial charge in [0.1, 0.15) is 10.7 Å². The molecular weight excluding hydrogens is 388 g/mol. The number of nitrogens with zero attached hydrogens (tertiary/aromatic N) is 4. The molecule has 0 spiro atoms. The zero-order chi connectivity index (χ0) is 20.5. The first kappa shape index (κ1) is 19.6. The fourth-order valence-corrected chi connectivity index (χ4v) is 5.16. The first-order chi connectivity index (χ1) is 13.9. The number of pyridine rings is 1. The Kier molecular flexibility index (Phi) is 5.40. The normalized spacial score (nSPS) is 17.7. The highest BCUT2D eigenvalue weighted by Gasteiger charge is 2.29. The number of carbonyl (C=O) groups excluding carboxylic acids is 2. The number of aromatic nitrogens is 2. The highest BCUT2D eigenvalue weighted by Crippen LogP contribution is 2.32. The highest BCUT2D eigenvalue weighted by molar-refractivity contribution is 7.17. The summed E-state index contributed by atoms with van der Waals surface area (Å²) in [6.07, 6.45) is 4.00. The lowest BCUT2D eigenvalue weighted by molar-refractivity contribution is 0.0715. The van der Waals surface area contributed by atoms with E-state index in [1.54, 1.807) is 6.07 Å². The van der Waals surface area contributed by atoms with Crippen molar-refractivity contribution in [1.82, 2.24) is 14.9 Å². The van der Waals surface area contributed by atoms with Gasteiger partial charge in [0.2, 0.25) is 0 Å². The molecule has 2 aromatic heterocycles. The second kappa shape index (κ2) is 7.98. The molecule has 2 saturated heterocycles. The molecule has 29 heavy (non-hydrogen) atoms. The summed E-state index contributed by atoms with van der Waals surface area (Å²) in [6.45, 7) is 5.30. The van der Waals surface area contributed by atoms with Gasteiger partial charge in [-0.3, -0.25) is 9.59 Å². The number of amides is 2. The van der Waals surface area contributed by atoms with Crippen LogP contribution in [0.5, 0.6) is 0 Å². The lowest BCUT2D eigenvalue weighted by Gasteiger charge is -2.31.